The highest BCUT2D eigenvalue weighted by Gasteiger charge is 2.15. The van der Waals surface area contributed by atoms with E-state index >= 15 is 0 Å². The number of pyridine rings is 1. The van der Waals surface area contributed by atoms with Gasteiger partial charge in [-0.2, -0.15) is 0 Å². The van der Waals surface area contributed by atoms with E-state index in [2.05, 4.69) is 10.3 Å². The fourth-order valence-corrected chi connectivity index (χ4v) is 2.22. The van der Waals surface area contributed by atoms with Gasteiger partial charge in [-0.3, -0.25) is 4.98 Å². The molecule has 0 fully saturated rings. The van der Waals surface area contributed by atoms with Crippen molar-refractivity contribution in [3.63, 3.8) is 0 Å². The molecule has 0 aliphatic rings. The number of nitrogens with zero attached hydrogens (tertiary/aromatic N) is 1. The molecule has 1 heterocycles. The Balaban J connectivity index is 2.12. The highest BCUT2D eigenvalue weighted by Crippen LogP contribution is 2.22. The molecule has 2 atom stereocenters. The molecule has 2 rings (SSSR count). The van der Waals surface area contributed by atoms with Crippen LogP contribution in [0.1, 0.15) is 36.6 Å². The van der Waals surface area contributed by atoms with Gasteiger partial charge in [-0.05, 0) is 30.5 Å². The van der Waals surface area contributed by atoms with Gasteiger partial charge in [-0.25, -0.2) is 4.39 Å². The van der Waals surface area contributed by atoms with Gasteiger partial charge in [0.15, 0.2) is 0 Å². The minimum absolute atomic E-state index is 0.0273. The number of aliphatic hydroxyl groups excluding tert-OH is 1. The van der Waals surface area contributed by atoms with Gasteiger partial charge in [0.1, 0.15) is 5.82 Å². The van der Waals surface area contributed by atoms with Crippen molar-refractivity contribution in [2.45, 2.75) is 25.4 Å². The van der Waals surface area contributed by atoms with Gasteiger partial charge in [0.25, 0.3) is 0 Å². The first-order chi connectivity index (χ1) is 9.70. The van der Waals surface area contributed by atoms with Gasteiger partial charge >= 0.3 is 0 Å². The number of aromatic nitrogens is 1. The van der Waals surface area contributed by atoms with E-state index in [1.165, 1.54) is 12.3 Å². The Kier molecular flexibility index (Phi) is 5.21. The van der Waals surface area contributed by atoms with Crippen LogP contribution >= 0.6 is 0 Å². The quantitative estimate of drug-likeness (QED) is 0.851. The van der Waals surface area contributed by atoms with Crippen LogP contribution in [0.5, 0.6) is 0 Å². The SMILES string of the molecule is CC(N[C@H](CCO)c1ccccc1)c1cncc(F)c1. The van der Waals surface area contributed by atoms with E-state index in [-0.39, 0.29) is 24.5 Å². The minimum Gasteiger partial charge on any atom is -0.396 e. The summed E-state index contributed by atoms with van der Waals surface area (Å²) in [7, 11) is 0. The van der Waals surface area contributed by atoms with Crippen LogP contribution in [0.25, 0.3) is 0 Å². The minimum atomic E-state index is -0.338. The van der Waals surface area contributed by atoms with Crippen LogP contribution in [0.15, 0.2) is 48.8 Å². The third kappa shape index (κ3) is 3.85. The normalized spacial score (nSPS) is 13.9. The van der Waals surface area contributed by atoms with E-state index < -0.39 is 0 Å². The Hall–Kier alpha value is -1.78. The molecule has 1 unspecified atom stereocenters. The summed E-state index contributed by atoms with van der Waals surface area (Å²) < 4.78 is 13.2. The van der Waals surface area contributed by atoms with Gasteiger partial charge in [0.05, 0.1) is 6.20 Å². The second-order valence-corrected chi connectivity index (χ2v) is 4.80. The third-order valence-electron chi connectivity index (χ3n) is 3.30. The van der Waals surface area contributed by atoms with E-state index in [9.17, 15) is 9.50 Å². The van der Waals surface area contributed by atoms with Crippen LogP contribution in [0.4, 0.5) is 4.39 Å². The zero-order valence-electron chi connectivity index (χ0n) is 11.5. The molecular weight excluding hydrogens is 255 g/mol. The van der Waals surface area contributed by atoms with Crippen LogP contribution in [-0.2, 0) is 0 Å². The Bertz CT molecular complexity index is 533. The third-order valence-corrected chi connectivity index (χ3v) is 3.30. The first kappa shape index (κ1) is 14.6. The van der Waals surface area contributed by atoms with Crippen molar-refractivity contribution in [1.82, 2.24) is 10.3 Å². The topological polar surface area (TPSA) is 45.1 Å². The van der Waals surface area contributed by atoms with Crippen molar-refractivity contribution in [2.24, 2.45) is 0 Å². The van der Waals surface area contributed by atoms with Crippen molar-refractivity contribution in [3.05, 3.63) is 65.7 Å². The van der Waals surface area contributed by atoms with Gasteiger partial charge in [0.2, 0.25) is 0 Å². The monoisotopic (exact) mass is 274 g/mol. The largest absolute Gasteiger partial charge is 0.396 e. The van der Waals surface area contributed by atoms with Gasteiger partial charge in [-0.15, -0.1) is 0 Å². The molecule has 0 spiro atoms. The van der Waals surface area contributed by atoms with Gasteiger partial charge in [0, 0.05) is 24.9 Å². The van der Waals surface area contributed by atoms with E-state index in [1.54, 1.807) is 6.20 Å². The lowest BCUT2D eigenvalue weighted by Gasteiger charge is -2.23. The second-order valence-electron chi connectivity index (χ2n) is 4.80. The van der Waals surface area contributed by atoms with Crippen LogP contribution in [0.3, 0.4) is 0 Å². The van der Waals surface area contributed by atoms with Crippen LogP contribution in [0, 0.1) is 5.82 Å². The zero-order valence-corrected chi connectivity index (χ0v) is 11.5. The number of hydrogen-bond donors (Lipinski definition) is 2. The van der Waals surface area contributed by atoms with Crippen LogP contribution < -0.4 is 5.32 Å². The number of rotatable bonds is 6. The van der Waals surface area contributed by atoms with Crippen LogP contribution in [0.2, 0.25) is 0 Å². The molecule has 2 N–H and O–H groups in total. The lowest BCUT2D eigenvalue weighted by atomic mass is 10.0. The molecule has 0 aliphatic heterocycles. The maximum atomic E-state index is 13.2. The molecule has 3 nitrogen and oxygen atoms in total. The molecule has 0 aliphatic carbocycles. The fourth-order valence-electron chi connectivity index (χ4n) is 2.22. The molecule has 20 heavy (non-hydrogen) atoms. The Labute approximate surface area is 118 Å². The average Bonchev–Trinajstić information content (AvgIpc) is 2.47. The highest BCUT2D eigenvalue weighted by molar-refractivity contribution is 5.21. The number of halogens is 1. The summed E-state index contributed by atoms with van der Waals surface area (Å²) in [6, 6.07) is 11.4. The van der Waals surface area contributed by atoms with Gasteiger partial charge in [-0.1, -0.05) is 30.3 Å². The summed E-state index contributed by atoms with van der Waals surface area (Å²) in [4.78, 5) is 3.87. The van der Waals surface area contributed by atoms with E-state index in [1.807, 2.05) is 37.3 Å². The smallest absolute Gasteiger partial charge is 0.141 e. The number of hydrogen-bond acceptors (Lipinski definition) is 3. The molecule has 0 radical (unpaired) electrons. The second kappa shape index (κ2) is 7.12. The molecule has 0 saturated carbocycles. The molecular formula is C16H19FN2O. The number of aliphatic hydroxyl groups is 1. The van der Waals surface area contributed by atoms with E-state index in [0.717, 1.165) is 11.1 Å². The number of benzene rings is 1. The summed E-state index contributed by atoms with van der Waals surface area (Å²) in [5.74, 6) is -0.338. The summed E-state index contributed by atoms with van der Waals surface area (Å²) in [6.45, 7) is 2.06. The molecule has 2 aromatic rings. The molecule has 0 saturated heterocycles. The fraction of sp³-hybridized carbons (Fsp3) is 0.312. The first-order valence-corrected chi connectivity index (χ1v) is 6.73. The summed E-state index contributed by atoms with van der Waals surface area (Å²) in [6.07, 6.45) is 3.46. The summed E-state index contributed by atoms with van der Waals surface area (Å²) in [5.41, 5.74) is 1.90. The predicted octanol–water partition coefficient (Wildman–Crippen LogP) is 3.00. The first-order valence-electron chi connectivity index (χ1n) is 6.73. The van der Waals surface area contributed by atoms with E-state index in [0.29, 0.717) is 6.42 Å². The molecule has 0 bridgehead atoms. The molecule has 1 aromatic carbocycles. The van der Waals surface area contributed by atoms with Crippen molar-refractivity contribution >= 4 is 0 Å². The molecule has 0 amide bonds. The van der Waals surface area contributed by atoms with E-state index in [4.69, 9.17) is 0 Å². The lowest BCUT2D eigenvalue weighted by molar-refractivity contribution is 0.260. The Morgan fingerprint density at radius 2 is 1.95 bits per heavy atom. The average molecular weight is 274 g/mol. The predicted molar refractivity (Wildman–Crippen MR) is 76.6 cm³/mol. The molecule has 4 heteroatoms. The maximum Gasteiger partial charge on any atom is 0.141 e. The Morgan fingerprint density at radius 3 is 2.60 bits per heavy atom. The van der Waals surface area contributed by atoms with Crippen molar-refractivity contribution in [1.29, 1.82) is 0 Å². The van der Waals surface area contributed by atoms with Gasteiger partial charge < -0.3 is 10.4 Å². The summed E-state index contributed by atoms with van der Waals surface area (Å²) >= 11 is 0. The maximum absolute atomic E-state index is 13.2. The zero-order chi connectivity index (χ0) is 14.4. The standard InChI is InChI=1S/C16H19FN2O/c1-12(14-9-15(17)11-18-10-14)19-16(7-8-20)13-5-3-2-4-6-13/h2-6,9-12,16,19-20H,7-8H2,1H3/t12?,16-/m1/s1. The van der Waals surface area contributed by atoms with Crippen molar-refractivity contribution in [2.75, 3.05) is 6.61 Å². The Morgan fingerprint density at radius 1 is 1.20 bits per heavy atom. The van der Waals surface area contributed by atoms with Crippen molar-refractivity contribution in [3.8, 4) is 0 Å². The molecule has 1 aromatic heterocycles. The highest BCUT2D eigenvalue weighted by atomic mass is 19.1. The van der Waals surface area contributed by atoms with Crippen LogP contribution in [-0.4, -0.2) is 16.7 Å². The molecule has 106 valence electrons. The lowest BCUT2D eigenvalue weighted by Crippen LogP contribution is -2.25. The number of nitrogens with one attached hydrogen (secondary N) is 1. The summed E-state index contributed by atoms with van der Waals surface area (Å²) in [5, 5.41) is 12.6. The van der Waals surface area contributed by atoms with Crippen molar-refractivity contribution < 1.29 is 9.50 Å².